The molecule has 0 aliphatic rings. The molecule has 9 heteroatoms. The van der Waals surface area contributed by atoms with Gasteiger partial charge in [-0.15, -0.1) is 0 Å². The van der Waals surface area contributed by atoms with Gasteiger partial charge in [-0.05, 0) is 95.3 Å². The second-order valence-corrected chi connectivity index (χ2v) is 10.7. The van der Waals surface area contributed by atoms with Crippen molar-refractivity contribution in [3.05, 3.63) is 135 Å². The smallest absolute Gasteiger partial charge is 0.426 e. The van der Waals surface area contributed by atoms with E-state index in [2.05, 4.69) is 35.6 Å². The molecule has 0 atom stereocenters. The number of fused-ring (bicyclic) bond motifs is 1. The lowest BCUT2D eigenvalue weighted by Gasteiger charge is -2.19. The van der Waals surface area contributed by atoms with Crippen molar-refractivity contribution < 1.29 is 35.5 Å². The van der Waals surface area contributed by atoms with Gasteiger partial charge in [0.1, 0.15) is 29.0 Å². The molecule has 0 saturated heterocycles. The average Bonchev–Trinajstić information content (AvgIpc) is 2.99. The summed E-state index contributed by atoms with van der Waals surface area (Å²) in [5.74, 6) is 1.54. The van der Waals surface area contributed by atoms with E-state index >= 15 is 17.6 Å². The number of alkyl halides is 2. The molecule has 0 heterocycles. The number of aryl methyl sites for hydroxylation is 2. The molecule has 0 saturated carbocycles. The summed E-state index contributed by atoms with van der Waals surface area (Å²) in [5, 5.41) is 1.46. The highest BCUT2D eigenvalue weighted by Crippen LogP contribution is 2.36. The van der Waals surface area contributed by atoms with E-state index < -0.39 is 57.5 Å². The maximum absolute atomic E-state index is 15.4. The van der Waals surface area contributed by atoms with Crippen molar-refractivity contribution >= 4 is 23.4 Å². The monoisotopic (exact) mass is 648 g/mol. The molecule has 5 aromatic rings. The topological polar surface area (TPSA) is 9.23 Å². The zero-order valence-corrected chi connectivity index (χ0v) is 25.2. The van der Waals surface area contributed by atoms with E-state index in [0.717, 1.165) is 60.9 Å². The first-order chi connectivity index (χ1) is 21.9. The standard InChI is InChI=1S/C37H23F7OS/c1-3-4-22-5-8-27(9-6-22)37(43,44)45-28-10-12-29(33(40)20-28)25-16-26-19-32(39)30(36(42)35(26)34(41)18-25)11-7-23-17-31(38)24(13-14-46)15-21(23)2/h5-6,8-10,12,15-20,46H,3-4H2,1-2H3. The lowest BCUT2D eigenvalue weighted by molar-refractivity contribution is -0.185. The molecule has 0 amide bonds. The van der Waals surface area contributed by atoms with Crippen LogP contribution >= 0.6 is 12.6 Å². The normalized spacial score (nSPS) is 11.1. The third-order valence-corrected chi connectivity index (χ3v) is 7.35. The number of thiol groups is 1. The molecule has 0 aromatic heterocycles. The Bertz CT molecular complexity index is 2100. The fraction of sp³-hybridized carbons (Fsp3) is 0.135. The fourth-order valence-corrected chi connectivity index (χ4v) is 5.06. The van der Waals surface area contributed by atoms with Crippen LogP contribution in [0.15, 0.2) is 72.8 Å². The van der Waals surface area contributed by atoms with Crippen molar-refractivity contribution in [2.24, 2.45) is 0 Å². The molecule has 5 rings (SSSR count). The van der Waals surface area contributed by atoms with Crippen LogP contribution in [0.25, 0.3) is 21.9 Å². The molecule has 0 fully saturated rings. The van der Waals surface area contributed by atoms with Crippen molar-refractivity contribution in [1.29, 1.82) is 0 Å². The van der Waals surface area contributed by atoms with Crippen LogP contribution in [0.1, 0.15) is 46.7 Å². The molecule has 232 valence electrons. The lowest BCUT2D eigenvalue weighted by atomic mass is 9.98. The number of hydrogen-bond acceptors (Lipinski definition) is 2. The highest BCUT2D eigenvalue weighted by molar-refractivity contribution is 7.85. The largest absolute Gasteiger partial charge is 0.429 e. The summed E-state index contributed by atoms with van der Waals surface area (Å²) in [6, 6.07) is 13.8. The highest BCUT2D eigenvalue weighted by Gasteiger charge is 2.34. The zero-order chi connectivity index (χ0) is 33.2. The van der Waals surface area contributed by atoms with Crippen LogP contribution in [0.2, 0.25) is 0 Å². The van der Waals surface area contributed by atoms with Gasteiger partial charge in [-0.25, -0.2) is 22.0 Å². The predicted octanol–water partition coefficient (Wildman–Crippen LogP) is 10.2. The van der Waals surface area contributed by atoms with Crippen molar-refractivity contribution in [1.82, 2.24) is 0 Å². The van der Waals surface area contributed by atoms with E-state index in [1.165, 1.54) is 18.2 Å². The lowest BCUT2D eigenvalue weighted by Crippen LogP contribution is -2.22. The molecular weight excluding hydrogens is 625 g/mol. The number of halogens is 7. The first kappa shape index (κ1) is 32.5. The van der Waals surface area contributed by atoms with E-state index in [-0.39, 0.29) is 27.6 Å². The summed E-state index contributed by atoms with van der Waals surface area (Å²) in [5.41, 5.74) is 0.117. The van der Waals surface area contributed by atoms with Crippen LogP contribution in [-0.4, -0.2) is 0 Å². The molecule has 5 aromatic carbocycles. The molecule has 46 heavy (non-hydrogen) atoms. The summed E-state index contributed by atoms with van der Waals surface area (Å²) in [4.78, 5) is 0. The van der Waals surface area contributed by atoms with Gasteiger partial charge in [-0.2, -0.15) is 8.78 Å². The van der Waals surface area contributed by atoms with Gasteiger partial charge in [0.2, 0.25) is 0 Å². The van der Waals surface area contributed by atoms with E-state index in [1.54, 1.807) is 19.1 Å². The molecule has 1 nitrogen and oxygen atoms in total. The van der Waals surface area contributed by atoms with Gasteiger partial charge in [0, 0.05) is 17.2 Å². The Labute approximate surface area is 266 Å². The van der Waals surface area contributed by atoms with E-state index in [4.69, 9.17) is 4.74 Å². The van der Waals surface area contributed by atoms with Crippen LogP contribution in [0.5, 0.6) is 5.75 Å². The van der Waals surface area contributed by atoms with Gasteiger partial charge in [-0.3, -0.25) is 0 Å². The van der Waals surface area contributed by atoms with Crippen molar-refractivity contribution in [2.45, 2.75) is 32.8 Å². The van der Waals surface area contributed by atoms with Crippen LogP contribution in [-0.2, 0) is 12.5 Å². The molecule has 0 bridgehead atoms. The van der Waals surface area contributed by atoms with Gasteiger partial charge in [-0.1, -0.05) is 55.9 Å². The number of hydrogen-bond donors (Lipinski definition) is 1. The Morgan fingerprint density at radius 2 is 1.48 bits per heavy atom. The molecule has 0 spiro atoms. The van der Waals surface area contributed by atoms with Crippen LogP contribution in [0.3, 0.4) is 0 Å². The van der Waals surface area contributed by atoms with Gasteiger partial charge >= 0.3 is 6.11 Å². The van der Waals surface area contributed by atoms with E-state index in [1.807, 2.05) is 6.92 Å². The molecule has 0 aliphatic carbocycles. The van der Waals surface area contributed by atoms with E-state index in [9.17, 15) is 13.2 Å². The molecular formula is C37H23F7OS. The first-order valence-electron chi connectivity index (χ1n) is 14.0. The molecule has 0 N–H and O–H groups in total. The Morgan fingerprint density at radius 1 is 0.739 bits per heavy atom. The minimum atomic E-state index is -3.76. The summed E-state index contributed by atoms with van der Waals surface area (Å²) in [6.45, 7) is 3.58. The summed E-state index contributed by atoms with van der Waals surface area (Å²) in [6.07, 6.45) is -2.18. The molecule has 0 radical (unpaired) electrons. The van der Waals surface area contributed by atoms with Gasteiger partial charge in [0.25, 0.3) is 0 Å². The third-order valence-electron chi connectivity index (χ3n) is 7.23. The van der Waals surface area contributed by atoms with Crippen molar-refractivity contribution in [3.63, 3.8) is 0 Å². The second-order valence-electron chi connectivity index (χ2n) is 10.4. The Kier molecular flexibility index (Phi) is 9.37. The zero-order valence-electron chi connectivity index (χ0n) is 24.3. The van der Waals surface area contributed by atoms with Gasteiger partial charge in [0.05, 0.1) is 22.1 Å². The maximum atomic E-state index is 15.4. The Balaban J connectivity index is 1.45. The minimum Gasteiger partial charge on any atom is -0.429 e. The SMILES string of the molecule is CCCc1ccc(C(F)(F)Oc2ccc(-c3cc(F)c4c(F)c(C#Cc5cc(F)c(C#CS)cc5C)c(F)cc4c3)c(F)c2)cc1. The Morgan fingerprint density at radius 3 is 2.15 bits per heavy atom. The summed E-state index contributed by atoms with van der Waals surface area (Å²) < 4.78 is 110. The van der Waals surface area contributed by atoms with Crippen molar-refractivity contribution in [3.8, 4) is 39.9 Å². The Hall–Kier alpha value is -4.86. The maximum Gasteiger partial charge on any atom is 0.426 e. The highest BCUT2D eigenvalue weighted by atomic mass is 32.1. The van der Waals surface area contributed by atoms with Crippen molar-refractivity contribution in [2.75, 3.05) is 0 Å². The van der Waals surface area contributed by atoms with Crippen LogP contribution < -0.4 is 4.74 Å². The number of ether oxygens (including phenoxy) is 1. The van der Waals surface area contributed by atoms with Crippen LogP contribution in [0.4, 0.5) is 30.7 Å². The second kappa shape index (κ2) is 13.2. The van der Waals surface area contributed by atoms with E-state index in [0.29, 0.717) is 5.56 Å². The molecule has 0 unspecified atom stereocenters. The van der Waals surface area contributed by atoms with Crippen LogP contribution in [0, 0.1) is 59.0 Å². The number of benzene rings is 5. The molecule has 0 aliphatic heterocycles. The van der Waals surface area contributed by atoms with Gasteiger partial charge in [0.15, 0.2) is 5.82 Å². The summed E-state index contributed by atoms with van der Waals surface area (Å²) in [7, 11) is 0. The first-order valence-corrected chi connectivity index (χ1v) is 14.4. The van der Waals surface area contributed by atoms with Gasteiger partial charge < -0.3 is 4.74 Å². The number of rotatable bonds is 6. The fourth-order valence-electron chi connectivity index (χ4n) is 4.94. The minimum absolute atomic E-state index is 0.0727. The summed E-state index contributed by atoms with van der Waals surface area (Å²) >= 11 is 3.74. The third kappa shape index (κ3) is 6.71. The predicted molar refractivity (Wildman–Crippen MR) is 167 cm³/mol. The quantitative estimate of drug-likeness (QED) is 0.110. The average molecular weight is 649 g/mol.